The van der Waals surface area contributed by atoms with E-state index in [1.165, 1.54) is 25.3 Å². The molecule has 3 heterocycles. The molecule has 3 rings (SSSR count). The first-order chi connectivity index (χ1) is 12.2. The molecular weight excluding hydrogens is 319 g/mol. The number of aromatic nitrogens is 1. The zero-order valence-corrected chi connectivity index (χ0v) is 15.1. The molecule has 1 saturated heterocycles. The zero-order chi connectivity index (χ0) is 17.5. The molecule has 1 aromatic heterocycles. The lowest BCUT2D eigenvalue weighted by atomic mass is 10.2. The van der Waals surface area contributed by atoms with Gasteiger partial charge in [-0.2, -0.15) is 4.39 Å². The van der Waals surface area contributed by atoms with Crippen LogP contribution in [0.3, 0.4) is 0 Å². The molecule has 25 heavy (non-hydrogen) atoms. The molecular formula is C18H29FN6. The molecule has 1 N–H and O–H groups in total. The van der Waals surface area contributed by atoms with Crippen molar-refractivity contribution in [3.8, 4) is 0 Å². The fourth-order valence-electron chi connectivity index (χ4n) is 3.35. The SMILES string of the molecule is CN1C=CNN(CCCCCN2CCN(c3cccc(F)n3)CC2)C1. The number of halogens is 1. The second-order valence-electron chi connectivity index (χ2n) is 6.81. The molecule has 0 aromatic carbocycles. The summed E-state index contributed by atoms with van der Waals surface area (Å²) < 4.78 is 13.2. The third-order valence-corrected chi connectivity index (χ3v) is 4.78. The molecule has 0 aliphatic carbocycles. The summed E-state index contributed by atoms with van der Waals surface area (Å²) in [5.74, 6) is 0.359. The van der Waals surface area contributed by atoms with E-state index in [0.717, 1.165) is 51.8 Å². The molecule has 0 radical (unpaired) electrons. The van der Waals surface area contributed by atoms with Gasteiger partial charge in [0.1, 0.15) is 5.82 Å². The number of hydrogen-bond donors (Lipinski definition) is 1. The highest BCUT2D eigenvalue weighted by Crippen LogP contribution is 2.14. The van der Waals surface area contributed by atoms with Crippen LogP contribution < -0.4 is 10.3 Å². The van der Waals surface area contributed by atoms with E-state index in [1.54, 1.807) is 6.07 Å². The molecule has 0 atom stereocenters. The first-order valence-corrected chi connectivity index (χ1v) is 9.18. The number of unbranched alkanes of at least 4 members (excludes halogenated alkanes) is 2. The minimum atomic E-state index is -0.398. The van der Waals surface area contributed by atoms with Crippen molar-refractivity contribution in [2.75, 3.05) is 57.9 Å². The van der Waals surface area contributed by atoms with E-state index in [2.05, 4.69) is 43.4 Å². The number of hydrazine groups is 1. The molecule has 0 saturated carbocycles. The monoisotopic (exact) mass is 348 g/mol. The first-order valence-electron chi connectivity index (χ1n) is 9.18. The topological polar surface area (TPSA) is 37.9 Å². The van der Waals surface area contributed by atoms with E-state index >= 15 is 0 Å². The highest BCUT2D eigenvalue weighted by molar-refractivity contribution is 5.38. The Kier molecular flexibility index (Phi) is 6.47. The molecule has 7 heteroatoms. The van der Waals surface area contributed by atoms with Crippen molar-refractivity contribution < 1.29 is 4.39 Å². The standard InChI is InChI=1S/C18H29FN6/c1-22-11-8-20-25(16-22)10-4-2-3-9-23-12-14-24(15-13-23)18-7-5-6-17(19)21-18/h5-8,11,20H,2-4,9-10,12-16H2,1H3. The van der Waals surface area contributed by atoms with Gasteiger partial charge in [0.15, 0.2) is 0 Å². The van der Waals surface area contributed by atoms with Crippen LogP contribution in [0.4, 0.5) is 10.2 Å². The van der Waals surface area contributed by atoms with Crippen LogP contribution >= 0.6 is 0 Å². The predicted molar refractivity (Wildman–Crippen MR) is 98.3 cm³/mol. The van der Waals surface area contributed by atoms with E-state index in [9.17, 15) is 4.39 Å². The van der Waals surface area contributed by atoms with Gasteiger partial charge in [-0.25, -0.2) is 9.99 Å². The van der Waals surface area contributed by atoms with Gasteiger partial charge < -0.3 is 15.2 Å². The van der Waals surface area contributed by atoms with E-state index in [1.807, 2.05) is 12.3 Å². The van der Waals surface area contributed by atoms with Crippen LogP contribution in [-0.2, 0) is 0 Å². The number of hydrogen-bond acceptors (Lipinski definition) is 6. The Hall–Kier alpha value is -1.86. The van der Waals surface area contributed by atoms with Crippen molar-refractivity contribution in [3.05, 3.63) is 36.5 Å². The van der Waals surface area contributed by atoms with E-state index in [0.29, 0.717) is 0 Å². The van der Waals surface area contributed by atoms with Gasteiger partial charge in [-0.3, -0.25) is 4.90 Å². The van der Waals surface area contributed by atoms with Gasteiger partial charge in [-0.05, 0) is 31.5 Å². The van der Waals surface area contributed by atoms with Gasteiger partial charge in [0, 0.05) is 52.2 Å². The van der Waals surface area contributed by atoms with E-state index < -0.39 is 5.95 Å². The number of piperazine rings is 1. The molecule has 2 aliphatic heterocycles. The van der Waals surface area contributed by atoms with Crippen molar-refractivity contribution in [1.29, 1.82) is 0 Å². The quantitative estimate of drug-likeness (QED) is 0.597. The fraction of sp³-hybridized carbons (Fsp3) is 0.611. The van der Waals surface area contributed by atoms with Crippen molar-refractivity contribution in [2.24, 2.45) is 0 Å². The molecule has 2 aliphatic rings. The molecule has 1 aromatic rings. The summed E-state index contributed by atoms with van der Waals surface area (Å²) in [5.41, 5.74) is 3.28. The highest BCUT2D eigenvalue weighted by Gasteiger charge is 2.18. The normalized spacial score (nSPS) is 19.3. The van der Waals surface area contributed by atoms with Gasteiger partial charge in [0.05, 0.1) is 6.67 Å². The largest absolute Gasteiger partial charge is 0.365 e. The average molecular weight is 348 g/mol. The Morgan fingerprint density at radius 3 is 2.64 bits per heavy atom. The second kappa shape index (κ2) is 9.01. The molecule has 0 unspecified atom stereocenters. The Morgan fingerprint density at radius 2 is 1.88 bits per heavy atom. The number of nitrogens with one attached hydrogen (secondary N) is 1. The Balaban J connectivity index is 1.27. The number of rotatable bonds is 7. The molecule has 1 fully saturated rings. The summed E-state index contributed by atoms with van der Waals surface area (Å²) in [5, 5.41) is 2.24. The summed E-state index contributed by atoms with van der Waals surface area (Å²) in [4.78, 5) is 10.8. The number of anilines is 1. The van der Waals surface area contributed by atoms with Crippen molar-refractivity contribution >= 4 is 5.82 Å². The van der Waals surface area contributed by atoms with Crippen LogP contribution in [0.25, 0.3) is 0 Å². The van der Waals surface area contributed by atoms with Gasteiger partial charge in [-0.15, -0.1) is 0 Å². The highest BCUT2D eigenvalue weighted by atomic mass is 19.1. The van der Waals surface area contributed by atoms with Crippen LogP contribution in [0, 0.1) is 5.95 Å². The zero-order valence-electron chi connectivity index (χ0n) is 15.1. The predicted octanol–water partition coefficient (Wildman–Crippen LogP) is 1.69. The van der Waals surface area contributed by atoms with Crippen LogP contribution in [0.2, 0.25) is 0 Å². The van der Waals surface area contributed by atoms with Gasteiger partial charge in [0.2, 0.25) is 5.95 Å². The second-order valence-corrected chi connectivity index (χ2v) is 6.81. The maximum absolute atomic E-state index is 13.2. The van der Waals surface area contributed by atoms with Crippen LogP contribution in [-0.4, -0.2) is 72.8 Å². The fourth-order valence-corrected chi connectivity index (χ4v) is 3.35. The van der Waals surface area contributed by atoms with Crippen LogP contribution in [0.15, 0.2) is 30.6 Å². The summed E-state index contributed by atoms with van der Waals surface area (Å²) in [6.07, 6.45) is 7.73. The Morgan fingerprint density at radius 1 is 1.08 bits per heavy atom. The van der Waals surface area contributed by atoms with Gasteiger partial charge >= 0.3 is 0 Å². The van der Waals surface area contributed by atoms with E-state index in [-0.39, 0.29) is 0 Å². The van der Waals surface area contributed by atoms with Crippen LogP contribution in [0.5, 0.6) is 0 Å². The Bertz CT molecular complexity index is 558. The molecule has 0 amide bonds. The number of nitrogens with zero attached hydrogens (tertiary/aromatic N) is 5. The van der Waals surface area contributed by atoms with Crippen molar-refractivity contribution in [1.82, 2.24) is 25.2 Å². The summed E-state index contributed by atoms with van der Waals surface area (Å²) in [6, 6.07) is 5.02. The molecule has 0 bridgehead atoms. The average Bonchev–Trinajstić information content (AvgIpc) is 2.62. The molecule has 138 valence electrons. The summed E-state index contributed by atoms with van der Waals surface area (Å²) in [7, 11) is 2.09. The third-order valence-electron chi connectivity index (χ3n) is 4.78. The maximum atomic E-state index is 13.2. The lowest BCUT2D eigenvalue weighted by Crippen LogP contribution is -2.47. The summed E-state index contributed by atoms with van der Waals surface area (Å²) >= 11 is 0. The minimum Gasteiger partial charge on any atom is -0.365 e. The molecule has 0 spiro atoms. The number of pyridine rings is 1. The van der Waals surface area contributed by atoms with Gasteiger partial charge in [-0.1, -0.05) is 12.5 Å². The lowest BCUT2D eigenvalue weighted by molar-refractivity contribution is 0.128. The smallest absolute Gasteiger partial charge is 0.214 e. The molecule has 6 nitrogen and oxygen atoms in total. The van der Waals surface area contributed by atoms with Crippen LogP contribution in [0.1, 0.15) is 19.3 Å². The Labute approximate surface area is 149 Å². The van der Waals surface area contributed by atoms with Gasteiger partial charge in [0.25, 0.3) is 0 Å². The third kappa shape index (κ3) is 5.57. The minimum absolute atomic E-state index is 0.398. The van der Waals surface area contributed by atoms with E-state index in [4.69, 9.17) is 0 Å². The first kappa shape index (κ1) is 17.9. The van der Waals surface area contributed by atoms with Crippen molar-refractivity contribution in [2.45, 2.75) is 19.3 Å². The lowest BCUT2D eigenvalue weighted by Gasteiger charge is -2.35. The summed E-state index contributed by atoms with van der Waals surface area (Å²) in [6.45, 7) is 7.07. The van der Waals surface area contributed by atoms with Crippen molar-refractivity contribution in [3.63, 3.8) is 0 Å². The maximum Gasteiger partial charge on any atom is 0.214 e.